The van der Waals surface area contributed by atoms with Gasteiger partial charge in [0.05, 0.1) is 5.69 Å². The van der Waals surface area contributed by atoms with Crippen LogP contribution in [0.15, 0.2) is 85.1 Å². The monoisotopic (exact) mass is 282 g/mol. The fourth-order valence-electron chi connectivity index (χ4n) is 2.60. The van der Waals surface area contributed by atoms with E-state index in [1.807, 2.05) is 36.5 Å². The minimum absolute atomic E-state index is 0.757. The summed E-state index contributed by atoms with van der Waals surface area (Å²) < 4.78 is 0. The van der Waals surface area contributed by atoms with Crippen LogP contribution in [0.4, 0.5) is 0 Å². The highest BCUT2D eigenvalue weighted by Gasteiger charge is 2.05. The molecule has 0 aliphatic rings. The average molecular weight is 282 g/mol. The third-order valence-corrected chi connectivity index (χ3v) is 3.73. The summed E-state index contributed by atoms with van der Waals surface area (Å²) in [4.78, 5) is 9.14. The Labute approximate surface area is 129 Å². The fourth-order valence-corrected chi connectivity index (χ4v) is 2.60. The molecule has 0 radical (unpaired) electrons. The number of fused-ring (bicyclic) bond motifs is 1. The molecule has 0 aliphatic carbocycles. The average Bonchev–Trinajstić information content (AvgIpc) is 2.62. The maximum Gasteiger partial charge on any atom is 0.159 e. The van der Waals surface area contributed by atoms with Crippen molar-refractivity contribution in [2.24, 2.45) is 0 Å². The van der Waals surface area contributed by atoms with Gasteiger partial charge in [0.15, 0.2) is 5.82 Å². The highest BCUT2D eigenvalue weighted by molar-refractivity contribution is 5.86. The van der Waals surface area contributed by atoms with E-state index in [2.05, 4.69) is 53.5 Å². The van der Waals surface area contributed by atoms with Crippen LogP contribution in [0.25, 0.3) is 33.4 Å². The Morgan fingerprint density at radius 2 is 1.36 bits per heavy atom. The number of hydrogen-bond acceptors (Lipinski definition) is 2. The number of hydrogen-bond donors (Lipinski definition) is 0. The summed E-state index contributed by atoms with van der Waals surface area (Å²) >= 11 is 0. The standard InChI is InChI=1S/C20H14N2/c1-2-7-16(8-3-1)19-12-13-21-20(22-19)18-11-10-15-6-4-5-9-17(15)14-18/h1-14H. The van der Waals surface area contributed by atoms with Gasteiger partial charge in [0.2, 0.25) is 0 Å². The molecular weight excluding hydrogens is 268 g/mol. The van der Waals surface area contributed by atoms with Crippen LogP contribution in [0, 0.1) is 0 Å². The summed E-state index contributed by atoms with van der Waals surface area (Å²) in [6.07, 6.45) is 1.82. The quantitative estimate of drug-likeness (QED) is 0.519. The second-order valence-corrected chi connectivity index (χ2v) is 5.19. The van der Waals surface area contributed by atoms with E-state index in [0.717, 1.165) is 22.6 Å². The number of nitrogens with zero attached hydrogens (tertiary/aromatic N) is 2. The van der Waals surface area contributed by atoms with E-state index >= 15 is 0 Å². The largest absolute Gasteiger partial charge is 0.237 e. The number of benzene rings is 3. The van der Waals surface area contributed by atoms with Crippen molar-refractivity contribution in [1.29, 1.82) is 0 Å². The Hall–Kier alpha value is -3.00. The Kier molecular flexibility index (Phi) is 3.13. The predicted octanol–water partition coefficient (Wildman–Crippen LogP) is 4.96. The summed E-state index contributed by atoms with van der Waals surface area (Å²) in [6, 6.07) is 26.8. The van der Waals surface area contributed by atoms with E-state index in [9.17, 15) is 0 Å². The van der Waals surface area contributed by atoms with E-state index in [-0.39, 0.29) is 0 Å². The van der Waals surface area contributed by atoms with Crippen molar-refractivity contribution in [2.45, 2.75) is 0 Å². The van der Waals surface area contributed by atoms with Crippen LogP contribution in [0.5, 0.6) is 0 Å². The van der Waals surface area contributed by atoms with Crippen LogP contribution in [-0.4, -0.2) is 9.97 Å². The molecule has 4 rings (SSSR count). The minimum atomic E-state index is 0.757. The van der Waals surface area contributed by atoms with Crippen LogP contribution in [0.3, 0.4) is 0 Å². The van der Waals surface area contributed by atoms with Gasteiger partial charge >= 0.3 is 0 Å². The highest BCUT2D eigenvalue weighted by Crippen LogP contribution is 2.24. The lowest BCUT2D eigenvalue weighted by Gasteiger charge is -2.05. The lowest BCUT2D eigenvalue weighted by atomic mass is 10.1. The molecule has 3 aromatic carbocycles. The molecule has 0 saturated heterocycles. The second kappa shape index (κ2) is 5.41. The molecule has 2 nitrogen and oxygen atoms in total. The molecule has 22 heavy (non-hydrogen) atoms. The van der Waals surface area contributed by atoms with Crippen molar-refractivity contribution in [1.82, 2.24) is 9.97 Å². The zero-order valence-corrected chi connectivity index (χ0v) is 12.0. The van der Waals surface area contributed by atoms with Gasteiger partial charge in [-0.25, -0.2) is 9.97 Å². The van der Waals surface area contributed by atoms with Gasteiger partial charge in [-0.1, -0.05) is 66.7 Å². The molecule has 0 spiro atoms. The molecule has 4 aromatic rings. The van der Waals surface area contributed by atoms with Crippen LogP contribution in [-0.2, 0) is 0 Å². The molecule has 104 valence electrons. The molecule has 0 N–H and O–H groups in total. The molecule has 0 unspecified atom stereocenters. The SMILES string of the molecule is c1ccc(-c2ccnc(-c3ccc4ccccc4c3)n2)cc1. The molecule has 1 heterocycles. The summed E-state index contributed by atoms with van der Waals surface area (Å²) in [5.74, 6) is 0.757. The zero-order valence-electron chi connectivity index (χ0n) is 12.0. The second-order valence-electron chi connectivity index (χ2n) is 5.19. The van der Waals surface area contributed by atoms with Crippen molar-refractivity contribution >= 4 is 10.8 Å². The summed E-state index contributed by atoms with van der Waals surface area (Å²) in [5.41, 5.74) is 3.09. The molecule has 0 atom stereocenters. The summed E-state index contributed by atoms with van der Waals surface area (Å²) in [5, 5.41) is 2.43. The molecule has 1 aromatic heterocycles. The van der Waals surface area contributed by atoms with E-state index in [4.69, 9.17) is 4.98 Å². The van der Waals surface area contributed by atoms with Crippen molar-refractivity contribution < 1.29 is 0 Å². The first-order valence-corrected chi connectivity index (χ1v) is 7.28. The first-order valence-electron chi connectivity index (χ1n) is 7.28. The van der Waals surface area contributed by atoms with Gasteiger partial charge in [-0.15, -0.1) is 0 Å². The van der Waals surface area contributed by atoms with Gasteiger partial charge in [0, 0.05) is 17.3 Å². The van der Waals surface area contributed by atoms with Crippen LogP contribution in [0.1, 0.15) is 0 Å². The molecule has 2 heteroatoms. The van der Waals surface area contributed by atoms with Gasteiger partial charge < -0.3 is 0 Å². The maximum atomic E-state index is 4.71. The smallest absolute Gasteiger partial charge is 0.159 e. The Bertz CT molecular complexity index is 930. The van der Waals surface area contributed by atoms with E-state index in [1.165, 1.54) is 10.8 Å². The van der Waals surface area contributed by atoms with E-state index in [1.54, 1.807) is 0 Å². The van der Waals surface area contributed by atoms with Crippen molar-refractivity contribution in [3.8, 4) is 22.6 Å². The third kappa shape index (κ3) is 2.35. The molecule has 0 aliphatic heterocycles. The first kappa shape index (κ1) is 12.7. The van der Waals surface area contributed by atoms with Crippen molar-refractivity contribution in [3.05, 3.63) is 85.1 Å². The molecule has 0 bridgehead atoms. The fraction of sp³-hybridized carbons (Fsp3) is 0. The van der Waals surface area contributed by atoms with Crippen molar-refractivity contribution in [3.63, 3.8) is 0 Å². The zero-order chi connectivity index (χ0) is 14.8. The topological polar surface area (TPSA) is 25.8 Å². The normalized spacial score (nSPS) is 10.7. The first-order chi connectivity index (χ1) is 10.9. The van der Waals surface area contributed by atoms with Gasteiger partial charge in [-0.05, 0) is 22.9 Å². The maximum absolute atomic E-state index is 4.71. The number of rotatable bonds is 2. The van der Waals surface area contributed by atoms with Gasteiger partial charge in [-0.2, -0.15) is 0 Å². The van der Waals surface area contributed by atoms with Crippen LogP contribution < -0.4 is 0 Å². The Morgan fingerprint density at radius 1 is 0.591 bits per heavy atom. The molecular formula is C20H14N2. The summed E-state index contributed by atoms with van der Waals surface area (Å²) in [6.45, 7) is 0. The minimum Gasteiger partial charge on any atom is -0.237 e. The Morgan fingerprint density at radius 3 is 2.23 bits per heavy atom. The van der Waals surface area contributed by atoms with Gasteiger partial charge in [-0.3, -0.25) is 0 Å². The third-order valence-electron chi connectivity index (χ3n) is 3.73. The summed E-state index contributed by atoms with van der Waals surface area (Å²) in [7, 11) is 0. The lowest BCUT2D eigenvalue weighted by molar-refractivity contribution is 1.18. The molecule has 0 amide bonds. The number of aromatic nitrogens is 2. The predicted molar refractivity (Wildman–Crippen MR) is 90.4 cm³/mol. The van der Waals surface area contributed by atoms with E-state index < -0.39 is 0 Å². The van der Waals surface area contributed by atoms with Gasteiger partial charge in [0.25, 0.3) is 0 Å². The van der Waals surface area contributed by atoms with Gasteiger partial charge in [0.1, 0.15) is 0 Å². The Balaban J connectivity index is 1.81. The van der Waals surface area contributed by atoms with Crippen LogP contribution in [0.2, 0.25) is 0 Å². The lowest BCUT2D eigenvalue weighted by Crippen LogP contribution is -1.91. The van der Waals surface area contributed by atoms with Crippen LogP contribution >= 0.6 is 0 Å². The van der Waals surface area contributed by atoms with E-state index in [0.29, 0.717) is 0 Å². The highest BCUT2D eigenvalue weighted by atomic mass is 14.9. The molecule has 0 saturated carbocycles. The molecule has 0 fully saturated rings. The van der Waals surface area contributed by atoms with Crippen molar-refractivity contribution in [2.75, 3.05) is 0 Å².